The number of amides is 1. The molecule has 2 aromatic rings. The first-order valence-corrected chi connectivity index (χ1v) is 6.48. The van der Waals surface area contributed by atoms with Gasteiger partial charge in [0.1, 0.15) is 4.88 Å². The molecule has 18 heavy (non-hydrogen) atoms. The maximum Gasteiger partial charge on any atom is 0.309 e. The highest BCUT2D eigenvalue weighted by Gasteiger charge is 2.15. The number of carboxylic acids is 1. The van der Waals surface area contributed by atoms with E-state index in [2.05, 4.69) is 19.9 Å². The van der Waals surface area contributed by atoms with Gasteiger partial charge in [0.05, 0.1) is 17.8 Å². The van der Waals surface area contributed by atoms with Crippen LogP contribution in [0.1, 0.15) is 21.1 Å². The normalized spacial score (nSPS) is 10.3. The molecule has 94 valence electrons. The van der Waals surface area contributed by atoms with Gasteiger partial charge in [-0.15, -0.1) is 16.4 Å². The first-order valence-electron chi connectivity index (χ1n) is 4.82. The molecule has 0 unspecified atom stereocenters. The Morgan fingerprint density at radius 2 is 2.28 bits per heavy atom. The van der Waals surface area contributed by atoms with E-state index in [1.807, 2.05) is 0 Å². The average Bonchev–Trinajstić information content (AvgIpc) is 2.87. The van der Waals surface area contributed by atoms with Crippen molar-refractivity contribution in [1.82, 2.24) is 14.6 Å². The molecule has 0 bridgehead atoms. The van der Waals surface area contributed by atoms with Gasteiger partial charge in [0, 0.05) is 5.38 Å². The van der Waals surface area contributed by atoms with E-state index in [1.165, 1.54) is 11.3 Å². The summed E-state index contributed by atoms with van der Waals surface area (Å²) in [6, 6.07) is 0. The lowest BCUT2D eigenvalue weighted by Gasteiger charge is -1.97. The number of hydrogen-bond acceptors (Lipinski definition) is 7. The SMILES string of the molecule is Cc1nnsc1C(=O)Nc1nc(CC(=O)O)cs1. The van der Waals surface area contributed by atoms with Crippen molar-refractivity contribution in [3.05, 3.63) is 21.6 Å². The summed E-state index contributed by atoms with van der Waals surface area (Å²) in [6.07, 6.45) is -0.159. The van der Waals surface area contributed by atoms with Crippen LogP contribution in [0, 0.1) is 6.92 Å². The number of rotatable bonds is 4. The molecule has 0 aliphatic rings. The van der Waals surface area contributed by atoms with E-state index in [4.69, 9.17) is 5.11 Å². The Kier molecular flexibility index (Phi) is 3.63. The molecule has 0 aliphatic heterocycles. The van der Waals surface area contributed by atoms with Crippen LogP contribution in [0.4, 0.5) is 5.13 Å². The molecular formula is C9H8N4O3S2. The second-order valence-electron chi connectivity index (χ2n) is 3.36. The van der Waals surface area contributed by atoms with Gasteiger partial charge >= 0.3 is 5.97 Å². The lowest BCUT2D eigenvalue weighted by Crippen LogP contribution is -2.11. The highest BCUT2D eigenvalue weighted by molar-refractivity contribution is 7.14. The molecule has 2 aromatic heterocycles. The number of carbonyl (C=O) groups excluding carboxylic acids is 1. The molecule has 0 radical (unpaired) electrons. The number of anilines is 1. The number of aromatic nitrogens is 3. The standard InChI is InChI=1S/C9H8N4O3S2/c1-4-7(18-13-12-4)8(16)11-9-10-5(3-17-9)2-6(14)15/h3H,2H2,1H3,(H,14,15)(H,10,11,16). The Balaban J connectivity index is 2.06. The van der Waals surface area contributed by atoms with Crippen LogP contribution in [0.3, 0.4) is 0 Å². The van der Waals surface area contributed by atoms with E-state index in [0.29, 0.717) is 21.4 Å². The lowest BCUT2D eigenvalue weighted by atomic mass is 10.3. The number of nitrogens with zero attached hydrogens (tertiary/aromatic N) is 3. The minimum absolute atomic E-state index is 0.159. The third kappa shape index (κ3) is 2.87. The predicted molar refractivity (Wildman–Crippen MR) is 66.1 cm³/mol. The minimum atomic E-state index is -0.958. The summed E-state index contributed by atoms with van der Waals surface area (Å²) in [5, 5.41) is 16.9. The molecule has 0 saturated heterocycles. The molecule has 0 spiro atoms. The highest BCUT2D eigenvalue weighted by atomic mass is 32.1. The Bertz CT molecular complexity index is 592. The van der Waals surface area contributed by atoms with Gasteiger partial charge in [0.2, 0.25) is 0 Å². The van der Waals surface area contributed by atoms with E-state index in [0.717, 1.165) is 11.5 Å². The van der Waals surface area contributed by atoms with Gasteiger partial charge in [-0.2, -0.15) is 0 Å². The zero-order valence-electron chi connectivity index (χ0n) is 9.21. The number of hydrogen-bond donors (Lipinski definition) is 2. The zero-order valence-corrected chi connectivity index (χ0v) is 10.8. The Morgan fingerprint density at radius 1 is 1.50 bits per heavy atom. The fourth-order valence-electron chi connectivity index (χ4n) is 1.19. The van der Waals surface area contributed by atoms with Gasteiger partial charge in [-0.1, -0.05) is 4.49 Å². The summed E-state index contributed by atoms with van der Waals surface area (Å²) in [5.74, 6) is -1.29. The quantitative estimate of drug-likeness (QED) is 0.873. The molecule has 9 heteroatoms. The molecule has 0 aromatic carbocycles. The molecular weight excluding hydrogens is 276 g/mol. The van der Waals surface area contributed by atoms with Gasteiger partial charge in [-0.3, -0.25) is 14.9 Å². The topological polar surface area (TPSA) is 105 Å². The van der Waals surface area contributed by atoms with Crippen LogP contribution in [-0.4, -0.2) is 31.6 Å². The van der Waals surface area contributed by atoms with Gasteiger partial charge in [0.25, 0.3) is 5.91 Å². The maximum atomic E-state index is 11.8. The highest BCUT2D eigenvalue weighted by Crippen LogP contribution is 2.18. The van der Waals surface area contributed by atoms with Crippen LogP contribution in [0.15, 0.2) is 5.38 Å². The molecule has 1 amide bonds. The third-order valence-corrected chi connectivity index (χ3v) is 3.60. The number of carboxylic acid groups (broad SMARTS) is 1. The molecule has 0 fully saturated rings. The minimum Gasteiger partial charge on any atom is -0.481 e. The van der Waals surface area contributed by atoms with E-state index in [1.54, 1.807) is 12.3 Å². The van der Waals surface area contributed by atoms with Crippen molar-refractivity contribution in [2.75, 3.05) is 5.32 Å². The molecule has 2 N–H and O–H groups in total. The monoisotopic (exact) mass is 284 g/mol. The Hall–Kier alpha value is -1.87. The smallest absolute Gasteiger partial charge is 0.309 e. The van der Waals surface area contributed by atoms with Crippen LogP contribution in [0.5, 0.6) is 0 Å². The number of thiazole rings is 1. The Labute approximate surface area is 110 Å². The molecule has 0 aliphatic carbocycles. The van der Waals surface area contributed by atoms with Gasteiger partial charge < -0.3 is 5.11 Å². The van der Waals surface area contributed by atoms with Crippen LogP contribution in [0.25, 0.3) is 0 Å². The maximum absolute atomic E-state index is 11.8. The number of nitrogens with one attached hydrogen (secondary N) is 1. The van der Waals surface area contributed by atoms with Crippen LogP contribution >= 0.6 is 22.9 Å². The van der Waals surface area contributed by atoms with E-state index in [-0.39, 0.29) is 12.3 Å². The molecule has 7 nitrogen and oxygen atoms in total. The second-order valence-corrected chi connectivity index (χ2v) is 4.97. The number of aliphatic carboxylic acids is 1. The fraction of sp³-hybridized carbons (Fsp3) is 0.222. The first-order chi connectivity index (χ1) is 8.56. The van der Waals surface area contributed by atoms with Crippen molar-refractivity contribution in [1.29, 1.82) is 0 Å². The molecule has 0 atom stereocenters. The van der Waals surface area contributed by atoms with Crippen molar-refractivity contribution in [2.45, 2.75) is 13.3 Å². The van der Waals surface area contributed by atoms with E-state index in [9.17, 15) is 9.59 Å². The molecule has 2 rings (SSSR count). The third-order valence-electron chi connectivity index (χ3n) is 1.96. The lowest BCUT2D eigenvalue weighted by molar-refractivity contribution is -0.136. The van der Waals surface area contributed by atoms with Gasteiger partial charge in [0.15, 0.2) is 5.13 Å². The van der Waals surface area contributed by atoms with Crippen molar-refractivity contribution < 1.29 is 14.7 Å². The van der Waals surface area contributed by atoms with Crippen molar-refractivity contribution >= 4 is 39.9 Å². The van der Waals surface area contributed by atoms with Crippen LogP contribution in [-0.2, 0) is 11.2 Å². The predicted octanol–water partition coefficient (Wildman–Crippen LogP) is 1.18. The summed E-state index contributed by atoms with van der Waals surface area (Å²) in [7, 11) is 0. The van der Waals surface area contributed by atoms with Crippen LogP contribution < -0.4 is 5.32 Å². The zero-order chi connectivity index (χ0) is 13.1. The van der Waals surface area contributed by atoms with E-state index >= 15 is 0 Å². The number of aryl methyl sites for hydroxylation is 1. The fourth-order valence-corrected chi connectivity index (χ4v) is 2.45. The average molecular weight is 284 g/mol. The second kappa shape index (κ2) is 5.19. The summed E-state index contributed by atoms with van der Waals surface area (Å²) in [5.41, 5.74) is 0.974. The Morgan fingerprint density at radius 3 is 2.89 bits per heavy atom. The van der Waals surface area contributed by atoms with Crippen LogP contribution in [0.2, 0.25) is 0 Å². The van der Waals surface area contributed by atoms with E-state index < -0.39 is 5.97 Å². The first kappa shape index (κ1) is 12.6. The van der Waals surface area contributed by atoms with Crippen molar-refractivity contribution in [3.63, 3.8) is 0 Å². The van der Waals surface area contributed by atoms with Gasteiger partial charge in [-0.25, -0.2) is 4.98 Å². The summed E-state index contributed by atoms with van der Waals surface area (Å²) >= 11 is 2.18. The summed E-state index contributed by atoms with van der Waals surface area (Å²) in [6.45, 7) is 1.69. The molecule has 2 heterocycles. The molecule has 0 saturated carbocycles. The largest absolute Gasteiger partial charge is 0.481 e. The van der Waals surface area contributed by atoms with Crippen molar-refractivity contribution in [3.8, 4) is 0 Å². The van der Waals surface area contributed by atoms with Crippen molar-refractivity contribution in [2.24, 2.45) is 0 Å². The number of carbonyl (C=O) groups is 2. The van der Waals surface area contributed by atoms with Gasteiger partial charge in [-0.05, 0) is 18.5 Å². The summed E-state index contributed by atoms with van der Waals surface area (Å²) < 4.78 is 3.67. The summed E-state index contributed by atoms with van der Waals surface area (Å²) in [4.78, 5) is 26.7.